The molecule has 3 aromatic carbocycles. The first kappa shape index (κ1) is 23.5. The first-order valence-electron chi connectivity index (χ1n) is 10.4. The number of aryl methyl sites for hydroxylation is 2. The zero-order chi connectivity index (χ0) is 24.4. The summed E-state index contributed by atoms with van der Waals surface area (Å²) in [5.74, 6) is -0.934. The molecule has 8 heteroatoms. The first-order valence-corrected chi connectivity index (χ1v) is 11.1. The second-order valence-electron chi connectivity index (χ2n) is 7.82. The van der Waals surface area contributed by atoms with Crippen molar-refractivity contribution in [1.82, 2.24) is 5.32 Å². The Bertz CT molecular complexity index is 1350. The van der Waals surface area contributed by atoms with Crippen LogP contribution in [0.5, 0.6) is 5.75 Å². The quantitative estimate of drug-likeness (QED) is 0.356. The number of imide groups is 2. The third-order valence-corrected chi connectivity index (χ3v) is 6.02. The molecule has 0 aromatic heterocycles. The average Bonchev–Trinajstić information content (AvgIpc) is 2.78. The molecule has 1 heterocycles. The fourth-order valence-corrected chi connectivity index (χ4v) is 3.88. The lowest BCUT2D eigenvalue weighted by Crippen LogP contribution is -2.54. The van der Waals surface area contributed by atoms with Gasteiger partial charge in [-0.15, -0.1) is 0 Å². The second-order valence-corrected chi connectivity index (χ2v) is 8.67. The van der Waals surface area contributed by atoms with E-state index in [0.717, 1.165) is 21.6 Å². The Hall–Kier alpha value is -3.61. The molecule has 6 nitrogen and oxygen atoms in total. The van der Waals surface area contributed by atoms with Gasteiger partial charge in [0.15, 0.2) is 0 Å². The molecular formula is C26H20Cl2N2O4. The second kappa shape index (κ2) is 9.71. The first-order chi connectivity index (χ1) is 16.2. The Balaban J connectivity index is 1.58. The lowest BCUT2D eigenvalue weighted by Gasteiger charge is -2.26. The number of anilines is 1. The molecule has 0 aliphatic carbocycles. The number of nitrogens with zero attached hydrogens (tertiary/aromatic N) is 1. The minimum atomic E-state index is -0.785. The number of hydrogen-bond acceptors (Lipinski definition) is 4. The fraction of sp³-hybridized carbons (Fsp3) is 0.115. The smallest absolute Gasteiger partial charge is 0.335 e. The van der Waals surface area contributed by atoms with E-state index in [-0.39, 0.29) is 12.2 Å². The summed E-state index contributed by atoms with van der Waals surface area (Å²) in [6, 6.07) is 16.5. The van der Waals surface area contributed by atoms with Crippen LogP contribution in [0.3, 0.4) is 0 Å². The Morgan fingerprint density at radius 1 is 0.941 bits per heavy atom. The number of urea groups is 1. The van der Waals surface area contributed by atoms with Crippen LogP contribution in [0, 0.1) is 13.8 Å². The predicted octanol–water partition coefficient (Wildman–Crippen LogP) is 5.86. The summed E-state index contributed by atoms with van der Waals surface area (Å²) in [5.41, 5.74) is 3.51. The highest BCUT2D eigenvalue weighted by molar-refractivity contribution is 6.39. The Morgan fingerprint density at radius 2 is 1.74 bits per heavy atom. The van der Waals surface area contributed by atoms with Crippen molar-refractivity contribution in [3.05, 3.63) is 98.5 Å². The molecule has 0 radical (unpaired) electrons. The molecule has 0 bridgehead atoms. The van der Waals surface area contributed by atoms with Gasteiger partial charge < -0.3 is 4.74 Å². The Kier molecular flexibility index (Phi) is 6.72. The molecule has 1 aliphatic heterocycles. The van der Waals surface area contributed by atoms with Crippen LogP contribution < -0.4 is 15.0 Å². The lowest BCUT2D eigenvalue weighted by atomic mass is 10.0. The van der Waals surface area contributed by atoms with Crippen LogP contribution in [0.25, 0.3) is 6.08 Å². The van der Waals surface area contributed by atoms with Crippen LogP contribution in [0.1, 0.15) is 22.3 Å². The summed E-state index contributed by atoms with van der Waals surface area (Å²) < 4.78 is 5.82. The number of barbiturate groups is 1. The van der Waals surface area contributed by atoms with Crippen LogP contribution in [0.4, 0.5) is 10.5 Å². The maximum absolute atomic E-state index is 13.1. The van der Waals surface area contributed by atoms with Crippen molar-refractivity contribution in [1.29, 1.82) is 0 Å². The molecule has 34 heavy (non-hydrogen) atoms. The number of amides is 4. The molecule has 1 aliphatic rings. The minimum absolute atomic E-state index is 0.157. The lowest BCUT2D eigenvalue weighted by molar-refractivity contribution is -0.122. The van der Waals surface area contributed by atoms with E-state index < -0.39 is 17.8 Å². The minimum Gasteiger partial charge on any atom is -0.489 e. The average molecular weight is 495 g/mol. The van der Waals surface area contributed by atoms with Gasteiger partial charge in [-0.2, -0.15) is 0 Å². The summed E-state index contributed by atoms with van der Waals surface area (Å²) in [6.07, 6.45) is 1.43. The van der Waals surface area contributed by atoms with E-state index in [1.807, 2.05) is 19.9 Å². The largest absolute Gasteiger partial charge is 0.489 e. The highest BCUT2D eigenvalue weighted by Crippen LogP contribution is 2.26. The van der Waals surface area contributed by atoms with Crippen LogP contribution in [-0.2, 0) is 16.2 Å². The van der Waals surface area contributed by atoms with Gasteiger partial charge in [0, 0.05) is 15.6 Å². The molecule has 1 N–H and O–H groups in total. The van der Waals surface area contributed by atoms with Gasteiger partial charge in [-0.05, 0) is 73.0 Å². The molecule has 4 rings (SSSR count). The number of ether oxygens (including phenoxy) is 1. The van der Waals surface area contributed by atoms with Crippen molar-refractivity contribution in [3.63, 3.8) is 0 Å². The van der Waals surface area contributed by atoms with E-state index in [1.54, 1.807) is 54.6 Å². The SMILES string of the molecule is Cc1ccc(N2C(=O)NC(=O)/C(=C/c3cccc(OCc4ccc(Cl)cc4Cl)c3)C2=O)cc1C. The highest BCUT2D eigenvalue weighted by Gasteiger charge is 2.36. The third kappa shape index (κ3) is 4.98. The monoisotopic (exact) mass is 494 g/mol. The zero-order valence-electron chi connectivity index (χ0n) is 18.4. The maximum Gasteiger partial charge on any atom is 0.335 e. The van der Waals surface area contributed by atoms with Gasteiger partial charge in [0.05, 0.1) is 5.69 Å². The summed E-state index contributed by atoms with van der Waals surface area (Å²) in [6.45, 7) is 4.03. The van der Waals surface area contributed by atoms with Crippen molar-refractivity contribution < 1.29 is 19.1 Å². The number of carbonyl (C=O) groups is 3. The van der Waals surface area contributed by atoms with E-state index in [1.165, 1.54) is 6.08 Å². The summed E-state index contributed by atoms with van der Waals surface area (Å²) in [4.78, 5) is 39.0. The standard InChI is InChI=1S/C26H20Cl2N2O4/c1-15-6-9-20(10-16(15)2)30-25(32)22(24(31)29-26(30)33)12-17-4-3-5-21(11-17)34-14-18-7-8-19(27)13-23(18)28/h3-13H,14H2,1-2H3,(H,29,31,33)/b22-12-. The van der Waals surface area contributed by atoms with Crippen LogP contribution >= 0.6 is 23.2 Å². The van der Waals surface area contributed by atoms with Crippen molar-refractivity contribution >= 4 is 52.8 Å². The molecule has 0 atom stereocenters. The van der Waals surface area contributed by atoms with Crippen LogP contribution in [0.2, 0.25) is 10.0 Å². The molecule has 0 saturated carbocycles. The number of hydrogen-bond donors (Lipinski definition) is 1. The summed E-state index contributed by atoms with van der Waals surface area (Å²) in [5, 5.41) is 3.26. The summed E-state index contributed by atoms with van der Waals surface area (Å²) in [7, 11) is 0. The molecule has 1 fully saturated rings. The number of benzene rings is 3. The van der Waals surface area contributed by atoms with Crippen molar-refractivity contribution in [2.45, 2.75) is 20.5 Å². The van der Waals surface area contributed by atoms with Gasteiger partial charge in [0.1, 0.15) is 17.9 Å². The Labute approximate surface area is 206 Å². The highest BCUT2D eigenvalue weighted by atomic mass is 35.5. The maximum atomic E-state index is 13.1. The van der Waals surface area contributed by atoms with Crippen molar-refractivity contribution in [2.75, 3.05) is 4.90 Å². The molecule has 1 saturated heterocycles. The molecule has 3 aromatic rings. The predicted molar refractivity (Wildman–Crippen MR) is 132 cm³/mol. The molecular weight excluding hydrogens is 475 g/mol. The van der Waals surface area contributed by atoms with E-state index in [0.29, 0.717) is 27.0 Å². The normalized spacial score (nSPS) is 15.0. The number of rotatable bonds is 5. The zero-order valence-corrected chi connectivity index (χ0v) is 19.9. The van der Waals surface area contributed by atoms with Crippen LogP contribution in [0.15, 0.2) is 66.2 Å². The van der Waals surface area contributed by atoms with Crippen molar-refractivity contribution in [2.24, 2.45) is 0 Å². The number of carbonyl (C=O) groups excluding carboxylic acids is 3. The fourth-order valence-electron chi connectivity index (χ4n) is 3.42. The van der Waals surface area contributed by atoms with Gasteiger partial charge in [0.25, 0.3) is 11.8 Å². The van der Waals surface area contributed by atoms with Gasteiger partial charge in [-0.1, -0.05) is 47.5 Å². The van der Waals surface area contributed by atoms with Crippen molar-refractivity contribution in [3.8, 4) is 5.75 Å². The molecule has 172 valence electrons. The summed E-state index contributed by atoms with van der Waals surface area (Å²) >= 11 is 12.1. The van der Waals surface area contributed by atoms with E-state index in [4.69, 9.17) is 27.9 Å². The third-order valence-electron chi connectivity index (χ3n) is 5.43. The molecule has 4 amide bonds. The molecule has 0 unspecified atom stereocenters. The number of nitrogens with one attached hydrogen (secondary N) is 1. The van der Waals surface area contributed by atoms with E-state index >= 15 is 0 Å². The van der Waals surface area contributed by atoms with E-state index in [2.05, 4.69) is 5.32 Å². The Morgan fingerprint density at radius 3 is 2.47 bits per heavy atom. The van der Waals surface area contributed by atoms with Gasteiger partial charge in [-0.3, -0.25) is 14.9 Å². The van der Waals surface area contributed by atoms with Gasteiger partial charge >= 0.3 is 6.03 Å². The van der Waals surface area contributed by atoms with Crippen LogP contribution in [-0.4, -0.2) is 17.8 Å². The molecule has 0 spiro atoms. The van der Waals surface area contributed by atoms with E-state index in [9.17, 15) is 14.4 Å². The van der Waals surface area contributed by atoms with Gasteiger partial charge in [0.2, 0.25) is 0 Å². The van der Waals surface area contributed by atoms with Gasteiger partial charge in [-0.25, -0.2) is 9.69 Å². The number of halogens is 2. The topological polar surface area (TPSA) is 75.7 Å².